The molecular weight excluding hydrogens is 465 g/mol. The van der Waals surface area contributed by atoms with E-state index in [2.05, 4.69) is 0 Å². The molecule has 1 unspecified atom stereocenters. The molecule has 1 aliphatic heterocycles. The number of para-hydroxylation sites is 1. The molecule has 8 heteroatoms. The van der Waals surface area contributed by atoms with E-state index in [0.717, 1.165) is 0 Å². The van der Waals surface area contributed by atoms with Gasteiger partial charge in [0, 0.05) is 11.3 Å². The number of carbonyl (C=O) groups excluding carboxylic acids is 2. The van der Waals surface area contributed by atoms with E-state index in [0.29, 0.717) is 23.6 Å². The summed E-state index contributed by atoms with van der Waals surface area (Å²) in [6, 6.07) is 16.7. The minimum Gasteiger partial charge on any atom is -0.507 e. The molecule has 1 heterocycles. The van der Waals surface area contributed by atoms with Gasteiger partial charge in [-0.05, 0) is 55.0 Å². The number of rotatable bonds is 5. The SMILES string of the molecule is CCOc1ccc(Cl)c(/C(O)=C2\C(=O)C(=O)N(c3ccccc3)C2c2ccc(O)c(Cl)c2)c1. The Hall–Kier alpha value is -3.48. The number of phenolic OH excluding ortho intramolecular Hbond substituents is 1. The second-order valence-corrected chi connectivity index (χ2v) is 8.10. The lowest BCUT2D eigenvalue weighted by atomic mass is 9.95. The average molecular weight is 484 g/mol. The number of ketones is 1. The lowest BCUT2D eigenvalue weighted by molar-refractivity contribution is -0.132. The van der Waals surface area contributed by atoms with Gasteiger partial charge >= 0.3 is 0 Å². The van der Waals surface area contributed by atoms with Crippen molar-refractivity contribution in [1.82, 2.24) is 0 Å². The van der Waals surface area contributed by atoms with E-state index in [1.54, 1.807) is 48.5 Å². The number of hydrogen-bond donors (Lipinski definition) is 2. The zero-order valence-electron chi connectivity index (χ0n) is 17.5. The van der Waals surface area contributed by atoms with Crippen LogP contribution in [0.2, 0.25) is 10.0 Å². The molecule has 33 heavy (non-hydrogen) atoms. The van der Waals surface area contributed by atoms with Crippen LogP contribution in [0.1, 0.15) is 24.1 Å². The van der Waals surface area contributed by atoms with Crippen molar-refractivity contribution in [2.45, 2.75) is 13.0 Å². The van der Waals surface area contributed by atoms with Gasteiger partial charge in [-0.1, -0.05) is 47.5 Å². The van der Waals surface area contributed by atoms with E-state index in [-0.39, 0.29) is 26.9 Å². The first-order valence-corrected chi connectivity index (χ1v) is 10.9. The summed E-state index contributed by atoms with van der Waals surface area (Å²) in [7, 11) is 0. The van der Waals surface area contributed by atoms with Gasteiger partial charge in [0.15, 0.2) is 0 Å². The molecule has 6 nitrogen and oxygen atoms in total. The molecule has 3 aromatic carbocycles. The first-order chi connectivity index (χ1) is 15.8. The van der Waals surface area contributed by atoms with Crippen LogP contribution < -0.4 is 9.64 Å². The number of amides is 1. The highest BCUT2D eigenvalue weighted by Crippen LogP contribution is 2.44. The first-order valence-electron chi connectivity index (χ1n) is 10.1. The third-order valence-electron chi connectivity index (χ3n) is 5.27. The Bertz CT molecular complexity index is 1270. The first kappa shape index (κ1) is 22.7. The van der Waals surface area contributed by atoms with Crippen LogP contribution in [0.25, 0.3) is 5.76 Å². The molecule has 1 atom stereocenters. The number of nitrogens with zero attached hydrogens (tertiary/aromatic N) is 1. The summed E-state index contributed by atoms with van der Waals surface area (Å²) >= 11 is 12.5. The van der Waals surface area contributed by atoms with Gasteiger partial charge in [-0.3, -0.25) is 14.5 Å². The van der Waals surface area contributed by atoms with E-state index in [4.69, 9.17) is 27.9 Å². The number of hydrogen-bond acceptors (Lipinski definition) is 5. The summed E-state index contributed by atoms with van der Waals surface area (Å²) < 4.78 is 5.49. The van der Waals surface area contributed by atoms with Crippen molar-refractivity contribution in [1.29, 1.82) is 0 Å². The maximum absolute atomic E-state index is 13.2. The van der Waals surface area contributed by atoms with Crippen molar-refractivity contribution in [3.05, 3.63) is 93.5 Å². The van der Waals surface area contributed by atoms with E-state index in [1.165, 1.54) is 23.1 Å². The fourth-order valence-corrected chi connectivity index (χ4v) is 4.18. The van der Waals surface area contributed by atoms with Gasteiger partial charge in [-0.2, -0.15) is 0 Å². The zero-order chi connectivity index (χ0) is 23.7. The quantitative estimate of drug-likeness (QED) is 0.275. The van der Waals surface area contributed by atoms with Gasteiger partial charge in [-0.15, -0.1) is 0 Å². The fourth-order valence-electron chi connectivity index (χ4n) is 3.78. The van der Waals surface area contributed by atoms with Gasteiger partial charge < -0.3 is 14.9 Å². The molecule has 4 rings (SSSR count). The Morgan fingerprint density at radius 1 is 1.00 bits per heavy atom. The van der Waals surface area contributed by atoms with Crippen LogP contribution in [0.3, 0.4) is 0 Å². The van der Waals surface area contributed by atoms with E-state index in [9.17, 15) is 19.8 Å². The molecule has 1 fully saturated rings. The molecule has 0 saturated carbocycles. The lowest BCUT2D eigenvalue weighted by Gasteiger charge is -2.25. The van der Waals surface area contributed by atoms with Gasteiger partial charge in [0.2, 0.25) is 0 Å². The monoisotopic (exact) mass is 483 g/mol. The maximum atomic E-state index is 13.2. The largest absolute Gasteiger partial charge is 0.507 e. The number of aliphatic hydroxyl groups is 1. The molecule has 1 saturated heterocycles. The van der Waals surface area contributed by atoms with Crippen LogP contribution in [0.15, 0.2) is 72.3 Å². The fraction of sp³-hybridized carbons (Fsp3) is 0.120. The second-order valence-electron chi connectivity index (χ2n) is 7.29. The second kappa shape index (κ2) is 9.17. The van der Waals surface area contributed by atoms with Crippen molar-refractivity contribution < 1.29 is 24.5 Å². The number of aliphatic hydroxyl groups excluding tert-OH is 1. The van der Waals surface area contributed by atoms with E-state index in [1.807, 2.05) is 6.92 Å². The number of phenols is 1. The highest BCUT2D eigenvalue weighted by Gasteiger charge is 2.47. The summed E-state index contributed by atoms with van der Waals surface area (Å²) in [6.07, 6.45) is 0. The molecule has 0 radical (unpaired) electrons. The molecule has 1 amide bonds. The topological polar surface area (TPSA) is 87.1 Å². The van der Waals surface area contributed by atoms with Crippen molar-refractivity contribution in [2.24, 2.45) is 0 Å². The number of benzene rings is 3. The standard InChI is InChI=1S/C25H19Cl2NO5/c1-2-33-16-9-10-18(26)17(13-16)23(30)21-22(14-8-11-20(29)19(27)12-14)28(25(32)24(21)31)15-6-4-3-5-7-15/h3-13,22,29-30H,2H2,1H3/b23-21+. The predicted octanol–water partition coefficient (Wildman–Crippen LogP) is 5.72. The Balaban J connectivity index is 1.97. The molecule has 0 bridgehead atoms. The van der Waals surface area contributed by atoms with Gasteiger partial charge in [-0.25, -0.2) is 0 Å². The summed E-state index contributed by atoms with van der Waals surface area (Å²) in [5.41, 5.74) is 0.895. The van der Waals surface area contributed by atoms with Crippen molar-refractivity contribution in [3.8, 4) is 11.5 Å². The summed E-state index contributed by atoms with van der Waals surface area (Å²) in [5, 5.41) is 21.4. The number of carbonyl (C=O) groups is 2. The number of ether oxygens (including phenoxy) is 1. The molecule has 0 aromatic heterocycles. The number of anilines is 1. The van der Waals surface area contributed by atoms with Crippen LogP contribution in [0, 0.1) is 0 Å². The van der Waals surface area contributed by atoms with E-state index < -0.39 is 23.5 Å². The number of halogens is 2. The smallest absolute Gasteiger partial charge is 0.300 e. The third-order valence-corrected chi connectivity index (χ3v) is 5.90. The normalized spacial score (nSPS) is 17.4. The molecule has 3 aromatic rings. The highest BCUT2D eigenvalue weighted by atomic mass is 35.5. The summed E-state index contributed by atoms with van der Waals surface area (Å²) in [6.45, 7) is 2.21. The maximum Gasteiger partial charge on any atom is 0.300 e. The van der Waals surface area contributed by atoms with Crippen LogP contribution in [0.5, 0.6) is 11.5 Å². The minimum atomic E-state index is -1.00. The zero-order valence-corrected chi connectivity index (χ0v) is 19.0. The van der Waals surface area contributed by atoms with Crippen molar-refractivity contribution in [3.63, 3.8) is 0 Å². The summed E-state index contributed by atoms with van der Waals surface area (Å²) in [5.74, 6) is -1.82. The molecular formula is C25H19Cl2NO5. The highest BCUT2D eigenvalue weighted by molar-refractivity contribution is 6.52. The van der Waals surface area contributed by atoms with Crippen LogP contribution in [-0.2, 0) is 9.59 Å². The number of aromatic hydroxyl groups is 1. The van der Waals surface area contributed by atoms with Crippen LogP contribution >= 0.6 is 23.2 Å². The van der Waals surface area contributed by atoms with E-state index >= 15 is 0 Å². The minimum absolute atomic E-state index is 0.0440. The van der Waals surface area contributed by atoms with Crippen LogP contribution in [0.4, 0.5) is 5.69 Å². The lowest BCUT2D eigenvalue weighted by Crippen LogP contribution is -2.29. The Morgan fingerprint density at radius 2 is 1.73 bits per heavy atom. The van der Waals surface area contributed by atoms with Crippen molar-refractivity contribution in [2.75, 3.05) is 11.5 Å². The van der Waals surface area contributed by atoms with Crippen LogP contribution in [-0.4, -0.2) is 28.5 Å². The predicted molar refractivity (Wildman–Crippen MR) is 127 cm³/mol. The van der Waals surface area contributed by atoms with Gasteiger partial charge in [0.05, 0.1) is 28.3 Å². The van der Waals surface area contributed by atoms with Crippen molar-refractivity contribution >= 4 is 46.3 Å². The molecule has 0 aliphatic carbocycles. The molecule has 2 N–H and O–H groups in total. The van der Waals surface area contributed by atoms with Gasteiger partial charge in [0.25, 0.3) is 11.7 Å². The third kappa shape index (κ3) is 4.15. The summed E-state index contributed by atoms with van der Waals surface area (Å²) in [4.78, 5) is 27.6. The average Bonchev–Trinajstić information content (AvgIpc) is 3.08. The number of Topliss-reactive ketones (excluding diaryl/α,β-unsaturated/α-hetero) is 1. The Morgan fingerprint density at radius 3 is 2.39 bits per heavy atom. The van der Waals surface area contributed by atoms with Gasteiger partial charge in [0.1, 0.15) is 17.3 Å². The Kier molecular flexibility index (Phi) is 6.31. The molecule has 0 spiro atoms. The Labute approximate surface area is 200 Å². The molecule has 1 aliphatic rings. The molecule has 168 valence electrons.